The standard InChI is InChI=1S/C10H12OS3.Na.H/c12-10(13)11-6-7-14-8-9-4-2-1-3-5-9;;/h1-5H,6-8H2,(H,12,13);;/q;+1;-1. The molecule has 0 atom stereocenters. The van der Waals surface area contributed by atoms with Crippen molar-refractivity contribution < 1.29 is 35.7 Å². The van der Waals surface area contributed by atoms with Gasteiger partial charge in [-0.1, -0.05) is 43.0 Å². The number of ether oxygens (including phenoxy) is 1. The molecule has 1 rings (SSSR count). The second-order valence-corrected chi connectivity index (χ2v) is 4.84. The van der Waals surface area contributed by atoms with Crippen molar-refractivity contribution in [2.24, 2.45) is 0 Å². The summed E-state index contributed by atoms with van der Waals surface area (Å²) >= 11 is 10.4. The Morgan fingerprint density at radius 1 is 1.40 bits per heavy atom. The van der Waals surface area contributed by atoms with Crippen LogP contribution in [0.1, 0.15) is 6.99 Å². The van der Waals surface area contributed by atoms with Crippen LogP contribution in [0.25, 0.3) is 0 Å². The minimum Gasteiger partial charge on any atom is -1.00 e. The molecular formula is C10H13NaOS3. The Morgan fingerprint density at radius 3 is 2.67 bits per heavy atom. The van der Waals surface area contributed by atoms with Crippen LogP contribution in [0.3, 0.4) is 0 Å². The van der Waals surface area contributed by atoms with Crippen molar-refractivity contribution in [3.63, 3.8) is 0 Å². The van der Waals surface area contributed by atoms with Crippen LogP contribution in [0.4, 0.5) is 0 Å². The van der Waals surface area contributed by atoms with Gasteiger partial charge < -0.3 is 6.16 Å². The van der Waals surface area contributed by atoms with Crippen molar-refractivity contribution >= 4 is 41.0 Å². The molecule has 0 aliphatic heterocycles. The van der Waals surface area contributed by atoms with Gasteiger partial charge in [0.1, 0.15) is 0 Å². The monoisotopic (exact) mass is 268 g/mol. The third-order valence-electron chi connectivity index (χ3n) is 1.56. The summed E-state index contributed by atoms with van der Waals surface area (Å²) in [6.07, 6.45) is 0. The molecule has 1 aromatic rings. The normalized spacial score (nSPS) is 9.13. The number of thiol groups is 1. The minimum absolute atomic E-state index is 0. The first-order valence-electron chi connectivity index (χ1n) is 4.26. The topological polar surface area (TPSA) is 9.23 Å². The van der Waals surface area contributed by atoms with E-state index in [2.05, 4.69) is 49.1 Å². The molecule has 0 aliphatic rings. The molecule has 0 amide bonds. The van der Waals surface area contributed by atoms with Crippen LogP contribution in [0, 0.1) is 0 Å². The van der Waals surface area contributed by atoms with Gasteiger partial charge in [-0.25, -0.2) is 0 Å². The summed E-state index contributed by atoms with van der Waals surface area (Å²) < 4.78 is 5.38. The van der Waals surface area contributed by atoms with Gasteiger partial charge in [0, 0.05) is 11.5 Å². The van der Waals surface area contributed by atoms with Gasteiger partial charge in [-0.15, -0.1) is 0 Å². The summed E-state index contributed by atoms with van der Waals surface area (Å²) in [5.74, 6) is 1.96. The van der Waals surface area contributed by atoms with Gasteiger partial charge in [0.25, 0.3) is 0 Å². The first-order chi connectivity index (χ1) is 6.79. The van der Waals surface area contributed by atoms with Crippen LogP contribution in [0.5, 0.6) is 0 Å². The van der Waals surface area contributed by atoms with E-state index < -0.39 is 0 Å². The molecule has 0 radical (unpaired) electrons. The fourth-order valence-corrected chi connectivity index (χ4v) is 1.90. The van der Waals surface area contributed by atoms with E-state index in [0.29, 0.717) is 11.0 Å². The molecule has 0 unspecified atom stereocenters. The zero-order valence-electron chi connectivity index (χ0n) is 9.68. The van der Waals surface area contributed by atoms with E-state index in [-0.39, 0.29) is 31.0 Å². The molecule has 0 aliphatic carbocycles. The molecule has 0 fully saturated rings. The molecule has 0 N–H and O–H groups in total. The smallest absolute Gasteiger partial charge is 1.00 e. The van der Waals surface area contributed by atoms with Crippen molar-refractivity contribution in [2.45, 2.75) is 5.75 Å². The molecule has 5 heteroatoms. The van der Waals surface area contributed by atoms with Crippen LogP contribution >= 0.6 is 36.6 Å². The van der Waals surface area contributed by atoms with E-state index in [1.165, 1.54) is 5.56 Å². The number of benzene rings is 1. The first-order valence-corrected chi connectivity index (χ1v) is 6.27. The summed E-state index contributed by atoms with van der Waals surface area (Å²) in [5, 5.41) is 0. The molecule has 78 valence electrons. The van der Waals surface area contributed by atoms with Crippen molar-refractivity contribution in [3.05, 3.63) is 35.9 Å². The summed E-state index contributed by atoms with van der Waals surface area (Å²) in [4.78, 5) is 0. The third kappa shape index (κ3) is 8.60. The van der Waals surface area contributed by atoms with E-state index in [1.54, 1.807) is 0 Å². The Bertz CT molecular complexity index is 285. The molecule has 1 aromatic carbocycles. The Kier molecular flexibility index (Phi) is 10.5. The Balaban J connectivity index is 0. The SMILES string of the molecule is S=C(S)OCCSCc1ccccc1.[H-].[Na+]. The number of thioether (sulfide) groups is 1. The quantitative estimate of drug-likeness (QED) is 0.355. The van der Waals surface area contributed by atoms with E-state index in [0.717, 1.165) is 11.5 Å². The number of hydrogen-bond donors (Lipinski definition) is 1. The van der Waals surface area contributed by atoms with E-state index >= 15 is 0 Å². The summed E-state index contributed by atoms with van der Waals surface area (Å²) in [6.45, 7) is 0.639. The Labute approximate surface area is 130 Å². The minimum atomic E-state index is 0. The van der Waals surface area contributed by atoms with E-state index in [9.17, 15) is 0 Å². The fraction of sp³-hybridized carbons (Fsp3) is 0.300. The number of thiocarbonyl (C=S) groups is 1. The third-order valence-corrected chi connectivity index (χ3v) is 2.80. The number of hydrogen-bond acceptors (Lipinski definition) is 3. The van der Waals surface area contributed by atoms with Gasteiger partial charge in [-0.2, -0.15) is 11.8 Å². The maximum Gasteiger partial charge on any atom is 1.00 e. The number of rotatable bonds is 5. The van der Waals surface area contributed by atoms with Crippen LogP contribution in [0.15, 0.2) is 30.3 Å². The zero-order valence-corrected chi connectivity index (χ0v) is 13.2. The van der Waals surface area contributed by atoms with Gasteiger partial charge >= 0.3 is 29.6 Å². The summed E-state index contributed by atoms with van der Waals surface area (Å²) in [7, 11) is 0. The fourth-order valence-electron chi connectivity index (χ4n) is 0.952. The predicted molar refractivity (Wildman–Crippen MR) is 71.3 cm³/mol. The van der Waals surface area contributed by atoms with E-state index in [1.807, 2.05) is 17.8 Å². The second-order valence-electron chi connectivity index (χ2n) is 2.65. The van der Waals surface area contributed by atoms with Crippen molar-refractivity contribution in [1.82, 2.24) is 0 Å². The molecule has 0 bridgehead atoms. The zero-order chi connectivity index (χ0) is 10.2. The molecule has 0 saturated heterocycles. The largest absolute Gasteiger partial charge is 1.00 e. The van der Waals surface area contributed by atoms with E-state index in [4.69, 9.17) is 4.74 Å². The van der Waals surface area contributed by atoms with Gasteiger partial charge in [-0.05, 0) is 17.8 Å². The van der Waals surface area contributed by atoms with Gasteiger partial charge in [0.05, 0.1) is 6.61 Å². The van der Waals surface area contributed by atoms with Crippen LogP contribution in [-0.2, 0) is 10.5 Å². The van der Waals surface area contributed by atoms with Crippen LogP contribution in [0.2, 0.25) is 0 Å². The average molecular weight is 268 g/mol. The Hall–Kier alpha value is 0.810. The molecule has 0 aromatic heterocycles. The predicted octanol–water partition coefficient (Wildman–Crippen LogP) is 0.268. The van der Waals surface area contributed by atoms with Crippen molar-refractivity contribution in [1.29, 1.82) is 0 Å². The Morgan fingerprint density at radius 2 is 2.07 bits per heavy atom. The molecule has 0 spiro atoms. The average Bonchev–Trinajstić information content (AvgIpc) is 2.18. The molecule has 1 nitrogen and oxygen atoms in total. The maximum atomic E-state index is 5.05. The maximum absolute atomic E-state index is 5.05. The van der Waals surface area contributed by atoms with Gasteiger partial charge in [0.2, 0.25) is 4.38 Å². The van der Waals surface area contributed by atoms with Crippen molar-refractivity contribution in [3.8, 4) is 0 Å². The summed E-state index contributed by atoms with van der Waals surface area (Å²) in [5.41, 5.74) is 1.34. The van der Waals surface area contributed by atoms with Crippen LogP contribution < -0.4 is 29.6 Å². The summed E-state index contributed by atoms with van der Waals surface area (Å²) in [6, 6.07) is 10.4. The first kappa shape index (κ1) is 15.8. The van der Waals surface area contributed by atoms with Gasteiger partial charge in [0.15, 0.2) is 0 Å². The molecular weight excluding hydrogens is 255 g/mol. The molecule has 0 heterocycles. The molecule has 15 heavy (non-hydrogen) atoms. The molecule has 0 saturated carbocycles. The second kappa shape index (κ2) is 10.00. The van der Waals surface area contributed by atoms with Gasteiger partial charge in [-0.3, -0.25) is 0 Å². The van der Waals surface area contributed by atoms with Crippen LogP contribution in [-0.4, -0.2) is 16.7 Å². The van der Waals surface area contributed by atoms with Crippen molar-refractivity contribution in [2.75, 3.05) is 12.4 Å².